The molecular formula is C13H18N2O2. The highest BCUT2D eigenvalue weighted by molar-refractivity contribution is 5.69. The Labute approximate surface area is 101 Å². The molecule has 0 aliphatic heterocycles. The van der Waals surface area contributed by atoms with E-state index in [1.807, 2.05) is 30.0 Å². The highest BCUT2D eigenvalue weighted by Crippen LogP contribution is 2.30. The van der Waals surface area contributed by atoms with Crippen molar-refractivity contribution in [1.82, 2.24) is 9.88 Å². The van der Waals surface area contributed by atoms with E-state index in [0.717, 1.165) is 17.9 Å². The van der Waals surface area contributed by atoms with Crippen LogP contribution in [0, 0.1) is 12.8 Å². The average molecular weight is 234 g/mol. The minimum Gasteiger partial charge on any atom is -0.480 e. The summed E-state index contributed by atoms with van der Waals surface area (Å²) in [4.78, 5) is 17.2. The lowest BCUT2D eigenvalue weighted by atomic mass is 10.2. The van der Waals surface area contributed by atoms with Crippen molar-refractivity contribution in [2.24, 2.45) is 5.92 Å². The summed E-state index contributed by atoms with van der Waals surface area (Å²) >= 11 is 0. The molecule has 2 rings (SSSR count). The molecule has 1 heterocycles. The number of hydrogen-bond donors (Lipinski definition) is 1. The third kappa shape index (κ3) is 4.15. The zero-order valence-electron chi connectivity index (χ0n) is 10.1. The van der Waals surface area contributed by atoms with E-state index in [0.29, 0.717) is 12.5 Å². The Hall–Kier alpha value is -1.42. The minimum atomic E-state index is -0.765. The molecule has 1 aliphatic carbocycles. The van der Waals surface area contributed by atoms with Gasteiger partial charge >= 0.3 is 5.97 Å². The molecule has 1 aromatic rings. The minimum absolute atomic E-state index is 0.103. The van der Waals surface area contributed by atoms with Gasteiger partial charge in [-0.3, -0.25) is 14.7 Å². The number of aryl methyl sites for hydroxylation is 1. The van der Waals surface area contributed by atoms with Gasteiger partial charge in [0.1, 0.15) is 0 Å². The van der Waals surface area contributed by atoms with Crippen molar-refractivity contribution in [2.45, 2.75) is 26.3 Å². The van der Waals surface area contributed by atoms with E-state index in [1.54, 1.807) is 0 Å². The first-order chi connectivity index (χ1) is 8.13. The first-order valence-electron chi connectivity index (χ1n) is 6.00. The smallest absolute Gasteiger partial charge is 0.317 e. The quantitative estimate of drug-likeness (QED) is 0.813. The van der Waals surface area contributed by atoms with Crippen LogP contribution in [0.3, 0.4) is 0 Å². The Balaban J connectivity index is 1.97. The van der Waals surface area contributed by atoms with Gasteiger partial charge in [0.05, 0.1) is 12.2 Å². The number of aliphatic carboxylic acids is 1. The maximum Gasteiger partial charge on any atom is 0.317 e. The monoisotopic (exact) mass is 234 g/mol. The third-order valence-electron chi connectivity index (χ3n) is 2.90. The Bertz CT molecular complexity index is 402. The molecule has 0 aromatic carbocycles. The number of carbonyl (C=O) groups is 1. The molecule has 0 saturated heterocycles. The van der Waals surface area contributed by atoms with Crippen molar-refractivity contribution in [3.63, 3.8) is 0 Å². The first-order valence-corrected chi connectivity index (χ1v) is 6.00. The number of carboxylic acids is 1. The number of nitrogens with zero attached hydrogens (tertiary/aromatic N) is 2. The lowest BCUT2D eigenvalue weighted by Gasteiger charge is -2.19. The molecule has 4 nitrogen and oxygen atoms in total. The van der Waals surface area contributed by atoms with Crippen LogP contribution in [0.2, 0.25) is 0 Å². The fourth-order valence-corrected chi connectivity index (χ4v) is 1.96. The molecule has 1 aromatic heterocycles. The van der Waals surface area contributed by atoms with E-state index in [2.05, 4.69) is 4.98 Å². The zero-order valence-corrected chi connectivity index (χ0v) is 10.1. The van der Waals surface area contributed by atoms with Crippen molar-refractivity contribution in [3.05, 3.63) is 29.6 Å². The molecule has 1 N–H and O–H groups in total. The lowest BCUT2D eigenvalue weighted by molar-refractivity contribution is -0.138. The maximum absolute atomic E-state index is 10.8. The molecule has 0 bridgehead atoms. The molecule has 0 atom stereocenters. The van der Waals surface area contributed by atoms with E-state index in [9.17, 15) is 4.79 Å². The van der Waals surface area contributed by atoms with Crippen LogP contribution in [-0.2, 0) is 11.3 Å². The van der Waals surface area contributed by atoms with Crippen LogP contribution < -0.4 is 0 Å². The van der Waals surface area contributed by atoms with Gasteiger partial charge in [-0.25, -0.2) is 0 Å². The van der Waals surface area contributed by atoms with Gasteiger partial charge in [0.15, 0.2) is 0 Å². The van der Waals surface area contributed by atoms with E-state index in [4.69, 9.17) is 5.11 Å². The van der Waals surface area contributed by atoms with Crippen LogP contribution in [0.4, 0.5) is 0 Å². The molecule has 1 aliphatic rings. The molecule has 4 heteroatoms. The van der Waals surface area contributed by atoms with Gasteiger partial charge in [0, 0.05) is 18.8 Å². The van der Waals surface area contributed by atoms with Gasteiger partial charge in [-0.1, -0.05) is 6.07 Å². The number of pyridine rings is 1. The highest BCUT2D eigenvalue weighted by atomic mass is 16.4. The van der Waals surface area contributed by atoms with Gasteiger partial charge in [-0.2, -0.15) is 0 Å². The van der Waals surface area contributed by atoms with Crippen molar-refractivity contribution >= 4 is 5.97 Å². The van der Waals surface area contributed by atoms with Crippen LogP contribution in [0.25, 0.3) is 0 Å². The molecule has 92 valence electrons. The second-order valence-corrected chi connectivity index (χ2v) is 4.78. The van der Waals surface area contributed by atoms with E-state index < -0.39 is 5.97 Å². The first kappa shape index (κ1) is 12.0. The molecule has 0 spiro atoms. The van der Waals surface area contributed by atoms with Crippen LogP contribution in [0.1, 0.15) is 24.2 Å². The van der Waals surface area contributed by atoms with Crippen molar-refractivity contribution in [3.8, 4) is 0 Å². The average Bonchev–Trinajstić information content (AvgIpc) is 3.00. The van der Waals surface area contributed by atoms with E-state index in [-0.39, 0.29) is 6.54 Å². The summed E-state index contributed by atoms with van der Waals surface area (Å²) in [7, 11) is 0. The second-order valence-electron chi connectivity index (χ2n) is 4.78. The van der Waals surface area contributed by atoms with Crippen LogP contribution in [-0.4, -0.2) is 34.0 Å². The van der Waals surface area contributed by atoms with Crippen molar-refractivity contribution in [2.75, 3.05) is 13.1 Å². The van der Waals surface area contributed by atoms with Crippen LogP contribution >= 0.6 is 0 Å². The van der Waals surface area contributed by atoms with Gasteiger partial charge in [-0.15, -0.1) is 0 Å². The summed E-state index contributed by atoms with van der Waals surface area (Å²) in [5.41, 5.74) is 1.93. The third-order valence-corrected chi connectivity index (χ3v) is 2.90. The van der Waals surface area contributed by atoms with E-state index in [1.165, 1.54) is 12.8 Å². The summed E-state index contributed by atoms with van der Waals surface area (Å²) in [5.74, 6) is -0.0718. The zero-order chi connectivity index (χ0) is 12.3. The summed E-state index contributed by atoms with van der Waals surface area (Å²) < 4.78 is 0. The SMILES string of the molecule is Cc1cccc(CN(CC(=O)O)CC2CC2)n1. The van der Waals surface area contributed by atoms with Crippen molar-refractivity contribution in [1.29, 1.82) is 0 Å². The Morgan fingerprint density at radius 3 is 2.88 bits per heavy atom. The predicted molar refractivity (Wildman–Crippen MR) is 64.6 cm³/mol. The number of hydrogen-bond acceptors (Lipinski definition) is 3. The standard InChI is InChI=1S/C13H18N2O2/c1-10-3-2-4-12(14-10)8-15(9-13(16)17)7-11-5-6-11/h2-4,11H,5-9H2,1H3,(H,16,17). The number of carboxylic acid groups (broad SMARTS) is 1. The molecule has 0 unspecified atom stereocenters. The second kappa shape index (κ2) is 5.27. The molecule has 1 fully saturated rings. The van der Waals surface area contributed by atoms with Crippen LogP contribution in [0.5, 0.6) is 0 Å². The fraction of sp³-hybridized carbons (Fsp3) is 0.538. The lowest BCUT2D eigenvalue weighted by Crippen LogP contribution is -2.31. The summed E-state index contributed by atoms with van der Waals surface area (Å²) in [5, 5.41) is 8.89. The highest BCUT2D eigenvalue weighted by Gasteiger charge is 2.25. The topological polar surface area (TPSA) is 53.4 Å². The summed E-state index contributed by atoms with van der Waals surface area (Å²) in [6, 6.07) is 5.87. The Kier molecular flexibility index (Phi) is 3.74. The molecule has 1 saturated carbocycles. The Morgan fingerprint density at radius 1 is 1.53 bits per heavy atom. The van der Waals surface area contributed by atoms with Gasteiger partial charge in [0.25, 0.3) is 0 Å². The van der Waals surface area contributed by atoms with Gasteiger partial charge in [0.2, 0.25) is 0 Å². The van der Waals surface area contributed by atoms with Crippen molar-refractivity contribution < 1.29 is 9.90 Å². The van der Waals surface area contributed by atoms with E-state index >= 15 is 0 Å². The summed E-state index contributed by atoms with van der Waals surface area (Å²) in [6.45, 7) is 3.56. The Morgan fingerprint density at radius 2 is 2.29 bits per heavy atom. The molecular weight excluding hydrogens is 216 g/mol. The normalized spacial score (nSPS) is 15.2. The fourth-order valence-electron chi connectivity index (χ4n) is 1.96. The molecule has 17 heavy (non-hydrogen) atoms. The molecule has 0 radical (unpaired) electrons. The van der Waals surface area contributed by atoms with Gasteiger partial charge < -0.3 is 5.11 Å². The number of rotatable bonds is 6. The summed E-state index contributed by atoms with van der Waals surface area (Å²) in [6.07, 6.45) is 2.47. The predicted octanol–water partition coefficient (Wildman–Crippen LogP) is 1.69. The maximum atomic E-state index is 10.8. The van der Waals surface area contributed by atoms with Gasteiger partial charge in [-0.05, 0) is 37.8 Å². The largest absolute Gasteiger partial charge is 0.480 e. The number of aromatic nitrogens is 1. The molecule has 0 amide bonds. The van der Waals surface area contributed by atoms with Crippen LogP contribution in [0.15, 0.2) is 18.2 Å².